The fraction of sp³-hybridized carbons (Fsp3) is 0.0370. The van der Waals surface area contributed by atoms with Crippen molar-refractivity contribution in [3.8, 4) is 39.1 Å². The molecule has 0 amide bonds. The highest BCUT2D eigenvalue weighted by Crippen LogP contribution is 2.42. The van der Waals surface area contributed by atoms with Gasteiger partial charge in [0.2, 0.25) is 0 Å². The Balaban J connectivity index is 1.12. The molecule has 0 atom stereocenters. The quantitative estimate of drug-likeness (QED) is 0.173. The number of hydrogen-bond acceptors (Lipinski definition) is 1. The van der Waals surface area contributed by atoms with Crippen molar-refractivity contribution in [2.24, 2.45) is 0 Å². The zero-order chi connectivity index (χ0) is 37.5. The Hall–Kier alpha value is -7.36. The Labute approximate surface area is 329 Å². The molecule has 11 aromatic rings. The van der Waals surface area contributed by atoms with E-state index in [1.807, 2.05) is 6.07 Å². The molecule has 0 unspecified atom stereocenters. The van der Waals surface area contributed by atoms with Crippen LogP contribution < -0.4 is 0 Å². The van der Waals surface area contributed by atoms with Crippen molar-refractivity contribution in [3.05, 3.63) is 194 Å². The Kier molecular flexibility index (Phi) is 7.05. The molecule has 0 radical (unpaired) electrons. The second kappa shape index (κ2) is 12.6. The highest BCUT2D eigenvalue weighted by atomic mass is 16.3. The van der Waals surface area contributed by atoms with Gasteiger partial charge in [0.25, 0.3) is 0 Å². The number of nitrogens with zero attached hydrogens (tertiary/aromatic N) is 2. The van der Waals surface area contributed by atoms with E-state index in [1.165, 1.54) is 54.9 Å². The van der Waals surface area contributed by atoms with Crippen LogP contribution in [0.1, 0.15) is 12.8 Å². The maximum atomic E-state index is 6.64. The van der Waals surface area contributed by atoms with Crippen LogP contribution in [0.15, 0.2) is 199 Å². The van der Waals surface area contributed by atoms with Crippen LogP contribution in [0.2, 0.25) is 0 Å². The molecule has 0 bridgehead atoms. The lowest BCUT2D eigenvalue weighted by molar-refractivity contribution is 0.670. The summed E-state index contributed by atoms with van der Waals surface area (Å²) in [5.74, 6) is 0. The molecule has 0 saturated carbocycles. The predicted octanol–water partition coefficient (Wildman–Crippen LogP) is 15.0. The third kappa shape index (κ3) is 4.99. The first kappa shape index (κ1) is 31.9. The summed E-state index contributed by atoms with van der Waals surface area (Å²) in [6, 6.07) is 64.1. The minimum Gasteiger partial charge on any atom is -0.455 e. The number of aromatic nitrogens is 2. The van der Waals surface area contributed by atoms with Crippen LogP contribution in [0.3, 0.4) is 0 Å². The van der Waals surface area contributed by atoms with Gasteiger partial charge >= 0.3 is 0 Å². The normalized spacial score (nSPS) is 13.2. The average molecular weight is 729 g/mol. The van der Waals surface area contributed by atoms with Crippen molar-refractivity contribution >= 4 is 71.2 Å². The summed E-state index contributed by atoms with van der Waals surface area (Å²) in [5.41, 5.74) is 15.9. The van der Waals surface area contributed by atoms with Crippen LogP contribution in [0, 0.1) is 0 Å². The van der Waals surface area contributed by atoms with E-state index in [-0.39, 0.29) is 0 Å². The first-order valence-electron chi connectivity index (χ1n) is 19.8. The molecule has 0 N–H and O–H groups in total. The maximum absolute atomic E-state index is 6.64. The lowest BCUT2D eigenvalue weighted by atomic mass is 9.92. The Morgan fingerprint density at radius 1 is 0.386 bits per heavy atom. The van der Waals surface area contributed by atoms with Crippen LogP contribution in [0.4, 0.5) is 0 Å². The first-order chi connectivity index (χ1) is 28.3. The Morgan fingerprint density at radius 3 is 1.67 bits per heavy atom. The molecule has 3 aromatic heterocycles. The lowest BCUT2D eigenvalue weighted by Crippen LogP contribution is -1.97. The number of fused-ring (bicyclic) bond motifs is 9. The smallest absolute Gasteiger partial charge is 0.143 e. The molecule has 57 heavy (non-hydrogen) atoms. The molecule has 1 aliphatic carbocycles. The summed E-state index contributed by atoms with van der Waals surface area (Å²) in [5, 5.41) is 7.29. The highest BCUT2D eigenvalue weighted by molar-refractivity contribution is 6.13. The van der Waals surface area contributed by atoms with Crippen molar-refractivity contribution in [1.82, 2.24) is 9.13 Å². The largest absolute Gasteiger partial charge is 0.455 e. The number of para-hydroxylation sites is 5. The van der Waals surface area contributed by atoms with Gasteiger partial charge in [-0.15, -0.1) is 0 Å². The maximum Gasteiger partial charge on any atom is 0.143 e. The standard InChI is InChI=1S/C54H36N2O/c1-3-14-40(15-4-1)55-49-23-10-7-18-43(49)45-28-26-35(33-51(45)55)37-30-38(32-39(31-37)42-21-13-22-48-47-20-9-12-25-53(47)57-54(42)48)36-27-29-46-44-19-8-11-24-50(44)56(52(46)34-36)41-16-5-2-6-17-41/h1,3-5,7-34H,2,6H2. The topological polar surface area (TPSA) is 23.0 Å². The third-order valence-electron chi connectivity index (χ3n) is 11.9. The lowest BCUT2D eigenvalue weighted by Gasteiger charge is -2.14. The van der Waals surface area contributed by atoms with Gasteiger partial charge in [-0.3, -0.25) is 0 Å². The van der Waals surface area contributed by atoms with E-state index in [0.29, 0.717) is 0 Å². The second-order valence-corrected chi connectivity index (χ2v) is 15.2. The third-order valence-corrected chi connectivity index (χ3v) is 11.9. The van der Waals surface area contributed by atoms with Gasteiger partial charge in [0.05, 0.1) is 22.1 Å². The molecule has 1 aliphatic rings. The van der Waals surface area contributed by atoms with E-state index < -0.39 is 0 Å². The SMILES string of the molecule is C1=CC(n2c3ccccc3c3ccc(-c4cc(-c5ccc6c7ccccc7n(-c7ccccc7)c6c5)cc(-c5cccc6c5oc5ccccc56)c4)cc32)=CCC1. The van der Waals surface area contributed by atoms with E-state index in [2.05, 4.69) is 197 Å². The zero-order valence-corrected chi connectivity index (χ0v) is 31.2. The predicted molar refractivity (Wildman–Crippen MR) is 240 cm³/mol. The van der Waals surface area contributed by atoms with Crippen LogP contribution in [0.25, 0.3) is 110 Å². The first-order valence-corrected chi connectivity index (χ1v) is 19.8. The number of rotatable bonds is 5. The number of furan rings is 1. The monoisotopic (exact) mass is 728 g/mol. The molecule has 0 saturated heterocycles. The van der Waals surface area contributed by atoms with Crippen molar-refractivity contribution in [2.75, 3.05) is 0 Å². The molecule has 12 rings (SSSR count). The van der Waals surface area contributed by atoms with Gasteiger partial charge in [0.15, 0.2) is 0 Å². The van der Waals surface area contributed by atoms with Gasteiger partial charge in [0, 0.05) is 49.3 Å². The van der Waals surface area contributed by atoms with E-state index in [0.717, 1.165) is 68.3 Å². The van der Waals surface area contributed by atoms with E-state index in [9.17, 15) is 0 Å². The van der Waals surface area contributed by atoms with Gasteiger partial charge in [0.1, 0.15) is 11.2 Å². The van der Waals surface area contributed by atoms with E-state index in [4.69, 9.17) is 4.42 Å². The molecule has 8 aromatic carbocycles. The van der Waals surface area contributed by atoms with Crippen molar-refractivity contribution in [2.45, 2.75) is 12.8 Å². The molecule has 0 aliphatic heterocycles. The van der Waals surface area contributed by atoms with Crippen LogP contribution >= 0.6 is 0 Å². The number of allylic oxidation sites excluding steroid dienone is 4. The highest BCUT2D eigenvalue weighted by Gasteiger charge is 2.19. The summed E-state index contributed by atoms with van der Waals surface area (Å²) < 4.78 is 11.5. The summed E-state index contributed by atoms with van der Waals surface area (Å²) in [6.07, 6.45) is 9.07. The molecule has 3 heterocycles. The number of benzene rings is 8. The van der Waals surface area contributed by atoms with Gasteiger partial charge < -0.3 is 13.6 Å². The van der Waals surface area contributed by atoms with E-state index in [1.54, 1.807) is 0 Å². The molecule has 0 spiro atoms. The van der Waals surface area contributed by atoms with Crippen molar-refractivity contribution in [1.29, 1.82) is 0 Å². The fourth-order valence-corrected chi connectivity index (χ4v) is 9.29. The summed E-state index contributed by atoms with van der Waals surface area (Å²) in [7, 11) is 0. The average Bonchev–Trinajstić information content (AvgIpc) is 3.94. The molecule has 3 heteroatoms. The Morgan fingerprint density at radius 2 is 0.965 bits per heavy atom. The fourth-order valence-electron chi connectivity index (χ4n) is 9.29. The Bertz CT molecular complexity index is 3460. The molecule has 0 fully saturated rings. The summed E-state index contributed by atoms with van der Waals surface area (Å²) in [6.45, 7) is 0. The molecular formula is C54H36N2O. The van der Waals surface area contributed by atoms with Gasteiger partial charge in [-0.2, -0.15) is 0 Å². The minimum atomic E-state index is 0.903. The van der Waals surface area contributed by atoms with Crippen molar-refractivity contribution < 1.29 is 4.42 Å². The molecule has 268 valence electrons. The van der Waals surface area contributed by atoms with E-state index >= 15 is 0 Å². The second-order valence-electron chi connectivity index (χ2n) is 15.2. The summed E-state index contributed by atoms with van der Waals surface area (Å²) >= 11 is 0. The molecule has 3 nitrogen and oxygen atoms in total. The molecular weight excluding hydrogens is 693 g/mol. The minimum absolute atomic E-state index is 0.903. The van der Waals surface area contributed by atoms with Crippen LogP contribution in [0.5, 0.6) is 0 Å². The van der Waals surface area contributed by atoms with Crippen molar-refractivity contribution in [3.63, 3.8) is 0 Å². The van der Waals surface area contributed by atoms with Gasteiger partial charge in [-0.25, -0.2) is 0 Å². The van der Waals surface area contributed by atoms with Gasteiger partial charge in [-0.1, -0.05) is 127 Å². The van der Waals surface area contributed by atoms with Crippen LogP contribution in [-0.4, -0.2) is 9.13 Å². The number of hydrogen-bond donors (Lipinski definition) is 0. The zero-order valence-electron chi connectivity index (χ0n) is 31.2. The van der Waals surface area contributed by atoms with Gasteiger partial charge in [-0.05, 0) is 107 Å². The van der Waals surface area contributed by atoms with Crippen LogP contribution in [-0.2, 0) is 0 Å². The summed E-state index contributed by atoms with van der Waals surface area (Å²) in [4.78, 5) is 0.